The molecule has 1 amide bonds. The monoisotopic (exact) mass is 278 g/mol. The molecule has 0 heterocycles. The van der Waals surface area contributed by atoms with Crippen LogP contribution >= 0.6 is 0 Å². The molecule has 0 fully saturated rings. The van der Waals surface area contributed by atoms with E-state index in [1.807, 2.05) is 38.1 Å². The summed E-state index contributed by atoms with van der Waals surface area (Å²) >= 11 is 0. The van der Waals surface area contributed by atoms with Crippen LogP contribution in [0.2, 0.25) is 0 Å². The number of amides is 1. The molecule has 0 spiro atoms. The minimum absolute atomic E-state index is 0.0753. The Morgan fingerprint density at radius 3 is 2.25 bits per heavy atom. The molecule has 0 unspecified atom stereocenters. The Balaban J connectivity index is 2.53. The molecule has 1 N–H and O–H groups in total. The third-order valence-electron chi connectivity index (χ3n) is 3.13. The first-order chi connectivity index (χ1) is 9.42. The molecule has 110 valence electrons. The van der Waals surface area contributed by atoms with Gasteiger partial charge in [0.1, 0.15) is 0 Å². The summed E-state index contributed by atoms with van der Waals surface area (Å²) in [7, 11) is 1.73. The summed E-state index contributed by atoms with van der Waals surface area (Å²) < 4.78 is 0. The van der Waals surface area contributed by atoms with Crippen molar-refractivity contribution >= 4 is 11.9 Å². The van der Waals surface area contributed by atoms with Crippen molar-refractivity contribution in [2.24, 2.45) is 0 Å². The summed E-state index contributed by atoms with van der Waals surface area (Å²) in [4.78, 5) is 26.0. The van der Waals surface area contributed by atoms with Gasteiger partial charge in [-0.15, -0.1) is 0 Å². The normalized spacial score (nSPS) is 10.6. The van der Waals surface area contributed by atoms with E-state index in [2.05, 4.69) is 0 Å². The highest BCUT2D eigenvalue weighted by Crippen LogP contribution is 2.06. The van der Waals surface area contributed by atoms with E-state index in [9.17, 15) is 9.59 Å². The maximum absolute atomic E-state index is 12.1. The Morgan fingerprint density at radius 1 is 1.15 bits per heavy atom. The Labute approximate surface area is 119 Å². The number of carbonyl (C=O) groups excluding carboxylic acids is 1. The lowest BCUT2D eigenvalue weighted by atomic mass is 10.1. The second-order valence-corrected chi connectivity index (χ2v) is 4.93. The molecule has 0 aromatic heterocycles. The number of likely N-dealkylation sites (N-methyl/N-ethyl adjacent to an activating group) is 2. The van der Waals surface area contributed by atoms with Gasteiger partial charge in [0.25, 0.3) is 0 Å². The molecule has 0 aliphatic heterocycles. The molecule has 0 bridgehead atoms. The second kappa shape index (κ2) is 7.65. The highest BCUT2D eigenvalue weighted by Gasteiger charge is 2.15. The topological polar surface area (TPSA) is 60.9 Å². The summed E-state index contributed by atoms with van der Waals surface area (Å²) in [5.74, 6) is -0.991. The zero-order valence-corrected chi connectivity index (χ0v) is 12.3. The zero-order valence-electron chi connectivity index (χ0n) is 12.3. The third kappa shape index (κ3) is 5.40. The van der Waals surface area contributed by atoms with E-state index in [1.54, 1.807) is 16.8 Å². The van der Waals surface area contributed by atoms with Crippen LogP contribution in [0.1, 0.15) is 18.1 Å². The molecular weight excluding hydrogens is 256 g/mol. The van der Waals surface area contributed by atoms with Crippen LogP contribution in [0.25, 0.3) is 0 Å². The van der Waals surface area contributed by atoms with Gasteiger partial charge in [0.2, 0.25) is 5.91 Å². The number of carboxylic acids is 1. The molecule has 5 heteroatoms. The first kappa shape index (κ1) is 16.2. The van der Waals surface area contributed by atoms with Crippen molar-refractivity contribution in [3.8, 4) is 0 Å². The van der Waals surface area contributed by atoms with E-state index in [4.69, 9.17) is 5.11 Å². The number of hydrogen-bond donors (Lipinski definition) is 1. The lowest BCUT2D eigenvalue weighted by Gasteiger charge is -2.22. The first-order valence-electron chi connectivity index (χ1n) is 6.66. The molecule has 1 aromatic carbocycles. The largest absolute Gasteiger partial charge is 0.480 e. The number of rotatable bonds is 7. The van der Waals surface area contributed by atoms with E-state index in [0.717, 1.165) is 5.56 Å². The summed E-state index contributed by atoms with van der Waals surface area (Å²) in [6.07, 6.45) is 0. The molecule has 1 aromatic rings. The average molecular weight is 278 g/mol. The van der Waals surface area contributed by atoms with Gasteiger partial charge in [0, 0.05) is 13.6 Å². The van der Waals surface area contributed by atoms with Crippen LogP contribution in [0.4, 0.5) is 0 Å². The highest BCUT2D eigenvalue weighted by atomic mass is 16.4. The van der Waals surface area contributed by atoms with Gasteiger partial charge in [-0.3, -0.25) is 14.5 Å². The van der Waals surface area contributed by atoms with E-state index < -0.39 is 5.97 Å². The molecule has 5 nitrogen and oxygen atoms in total. The fourth-order valence-electron chi connectivity index (χ4n) is 1.84. The van der Waals surface area contributed by atoms with Gasteiger partial charge in [-0.05, 0) is 19.0 Å². The minimum atomic E-state index is -0.916. The summed E-state index contributed by atoms with van der Waals surface area (Å²) in [6, 6.07) is 8.01. The highest BCUT2D eigenvalue weighted by molar-refractivity contribution is 5.79. The minimum Gasteiger partial charge on any atom is -0.480 e. The van der Waals surface area contributed by atoms with Gasteiger partial charge in [-0.1, -0.05) is 36.8 Å². The maximum atomic E-state index is 12.1. The van der Waals surface area contributed by atoms with E-state index in [0.29, 0.717) is 13.1 Å². The van der Waals surface area contributed by atoms with E-state index in [1.165, 1.54) is 5.56 Å². The van der Waals surface area contributed by atoms with Crippen LogP contribution in [-0.2, 0) is 16.1 Å². The lowest BCUT2D eigenvalue weighted by molar-refractivity contribution is -0.139. The summed E-state index contributed by atoms with van der Waals surface area (Å²) in [5, 5.41) is 8.76. The number of nitrogens with zero attached hydrogens (tertiary/aromatic N) is 2. The van der Waals surface area contributed by atoms with Crippen molar-refractivity contribution in [2.75, 3.05) is 26.7 Å². The predicted octanol–water partition coefficient (Wildman–Crippen LogP) is 1.36. The van der Waals surface area contributed by atoms with Crippen LogP contribution in [0.5, 0.6) is 0 Å². The molecule has 0 atom stereocenters. The van der Waals surface area contributed by atoms with Crippen LogP contribution in [0.3, 0.4) is 0 Å². The Morgan fingerprint density at radius 2 is 1.75 bits per heavy atom. The number of carbonyl (C=O) groups is 2. The van der Waals surface area contributed by atoms with Gasteiger partial charge in [0.15, 0.2) is 0 Å². The number of benzene rings is 1. The second-order valence-electron chi connectivity index (χ2n) is 4.93. The molecule has 0 aliphatic rings. The standard InChI is InChI=1S/C15H22N2O3/c1-4-17(11-15(19)20)10-14(18)16(3)9-13-7-5-12(2)6-8-13/h5-8H,4,9-11H2,1-3H3,(H,19,20). The number of aliphatic carboxylic acids is 1. The number of carboxylic acid groups (broad SMARTS) is 1. The molecule has 0 saturated heterocycles. The fourth-order valence-corrected chi connectivity index (χ4v) is 1.84. The Kier molecular flexibility index (Phi) is 6.18. The van der Waals surface area contributed by atoms with E-state index in [-0.39, 0.29) is 19.0 Å². The van der Waals surface area contributed by atoms with Crippen molar-refractivity contribution in [2.45, 2.75) is 20.4 Å². The van der Waals surface area contributed by atoms with Crippen LogP contribution < -0.4 is 0 Å². The van der Waals surface area contributed by atoms with Crippen LogP contribution in [0.15, 0.2) is 24.3 Å². The molecular formula is C15H22N2O3. The summed E-state index contributed by atoms with van der Waals surface area (Å²) in [5.41, 5.74) is 2.24. The summed E-state index contributed by atoms with van der Waals surface area (Å²) in [6.45, 7) is 4.95. The predicted molar refractivity (Wildman–Crippen MR) is 77.4 cm³/mol. The Bertz CT molecular complexity index is 457. The molecule has 20 heavy (non-hydrogen) atoms. The zero-order chi connectivity index (χ0) is 15.1. The first-order valence-corrected chi connectivity index (χ1v) is 6.66. The fraction of sp³-hybridized carbons (Fsp3) is 0.467. The van der Waals surface area contributed by atoms with Gasteiger partial charge in [-0.25, -0.2) is 0 Å². The van der Waals surface area contributed by atoms with Gasteiger partial charge >= 0.3 is 5.97 Å². The quantitative estimate of drug-likeness (QED) is 0.818. The molecule has 1 rings (SSSR count). The van der Waals surface area contributed by atoms with Crippen molar-refractivity contribution < 1.29 is 14.7 Å². The van der Waals surface area contributed by atoms with Crippen molar-refractivity contribution in [3.63, 3.8) is 0 Å². The Hall–Kier alpha value is -1.88. The van der Waals surface area contributed by atoms with Gasteiger partial charge < -0.3 is 10.0 Å². The van der Waals surface area contributed by atoms with Crippen molar-refractivity contribution in [3.05, 3.63) is 35.4 Å². The number of aryl methyl sites for hydroxylation is 1. The average Bonchev–Trinajstić information content (AvgIpc) is 2.39. The van der Waals surface area contributed by atoms with Crippen LogP contribution in [0, 0.1) is 6.92 Å². The lowest BCUT2D eigenvalue weighted by Crippen LogP contribution is -2.40. The van der Waals surface area contributed by atoms with Crippen LogP contribution in [-0.4, -0.2) is 53.5 Å². The SMILES string of the molecule is CCN(CC(=O)O)CC(=O)N(C)Cc1ccc(C)cc1. The third-order valence-corrected chi connectivity index (χ3v) is 3.13. The molecule has 0 aliphatic carbocycles. The molecule has 0 radical (unpaired) electrons. The van der Waals surface area contributed by atoms with Gasteiger partial charge in [-0.2, -0.15) is 0 Å². The van der Waals surface area contributed by atoms with Gasteiger partial charge in [0.05, 0.1) is 13.1 Å². The molecule has 0 saturated carbocycles. The van der Waals surface area contributed by atoms with Crippen molar-refractivity contribution in [1.29, 1.82) is 0 Å². The van der Waals surface area contributed by atoms with E-state index >= 15 is 0 Å². The number of hydrogen-bond acceptors (Lipinski definition) is 3. The maximum Gasteiger partial charge on any atom is 0.317 e. The van der Waals surface area contributed by atoms with Crippen molar-refractivity contribution in [1.82, 2.24) is 9.80 Å². The smallest absolute Gasteiger partial charge is 0.317 e.